The fraction of sp³-hybridized carbons (Fsp3) is 0.929. The Labute approximate surface area is 105 Å². The largest absolute Gasteiger partial charge is 0.356 e. The van der Waals surface area contributed by atoms with Crippen molar-refractivity contribution in [2.75, 3.05) is 6.54 Å². The third-order valence-electron chi connectivity index (χ3n) is 4.47. The first-order valence-corrected chi connectivity index (χ1v) is 7.11. The van der Waals surface area contributed by atoms with Crippen LogP contribution in [0.1, 0.15) is 46.0 Å². The van der Waals surface area contributed by atoms with E-state index < -0.39 is 0 Å². The molecular weight excluding hydrogens is 212 g/mol. The second kappa shape index (κ2) is 5.38. The highest BCUT2D eigenvalue weighted by Gasteiger charge is 2.40. The van der Waals surface area contributed by atoms with Crippen molar-refractivity contribution in [3.8, 4) is 0 Å². The minimum atomic E-state index is 0.226. The lowest BCUT2D eigenvalue weighted by Crippen LogP contribution is -2.49. The molecule has 0 heterocycles. The summed E-state index contributed by atoms with van der Waals surface area (Å²) in [6.07, 6.45) is 5.80. The zero-order valence-electron chi connectivity index (χ0n) is 11.1. The molecule has 0 aromatic carbocycles. The van der Waals surface area contributed by atoms with Gasteiger partial charge >= 0.3 is 0 Å². The van der Waals surface area contributed by atoms with E-state index in [0.29, 0.717) is 23.8 Å². The molecule has 0 aromatic rings. The Balaban J connectivity index is 1.88. The van der Waals surface area contributed by atoms with Crippen LogP contribution >= 0.6 is 0 Å². The summed E-state index contributed by atoms with van der Waals surface area (Å²) in [7, 11) is 0. The Bertz CT molecular complexity index is 263. The van der Waals surface area contributed by atoms with Crippen molar-refractivity contribution in [3.63, 3.8) is 0 Å². The predicted octanol–water partition coefficient (Wildman–Crippen LogP) is 1.91. The molecule has 3 N–H and O–H groups in total. The zero-order valence-corrected chi connectivity index (χ0v) is 11.1. The number of nitrogens with one attached hydrogen (secondary N) is 1. The lowest BCUT2D eigenvalue weighted by Gasteiger charge is -2.43. The van der Waals surface area contributed by atoms with Crippen molar-refractivity contribution in [1.29, 1.82) is 0 Å². The van der Waals surface area contributed by atoms with E-state index >= 15 is 0 Å². The molecular formula is C14H26N2O. The highest BCUT2D eigenvalue weighted by atomic mass is 16.1. The van der Waals surface area contributed by atoms with Crippen LogP contribution in [0.25, 0.3) is 0 Å². The summed E-state index contributed by atoms with van der Waals surface area (Å²) in [5.74, 6) is 2.21. The third kappa shape index (κ3) is 3.01. The van der Waals surface area contributed by atoms with Crippen LogP contribution in [0.4, 0.5) is 0 Å². The molecule has 2 unspecified atom stereocenters. The van der Waals surface area contributed by atoms with Crippen LogP contribution < -0.4 is 11.1 Å². The maximum atomic E-state index is 12.1. The van der Waals surface area contributed by atoms with Crippen LogP contribution in [0, 0.1) is 23.7 Å². The number of hydrogen-bond donors (Lipinski definition) is 2. The lowest BCUT2D eigenvalue weighted by atomic mass is 9.65. The van der Waals surface area contributed by atoms with Crippen LogP contribution in [-0.2, 0) is 4.79 Å². The smallest absolute Gasteiger partial charge is 0.223 e. The molecule has 2 rings (SSSR count). The maximum Gasteiger partial charge on any atom is 0.223 e. The van der Waals surface area contributed by atoms with E-state index in [1.54, 1.807) is 0 Å². The van der Waals surface area contributed by atoms with Crippen LogP contribution in [-0.4, -0.2) is 18.5 Å². The molecule has 0 spiro atoms. The van der Waals surface area contributed by atoms with Gasteiger partial charge in [-0.15, -0.1) is 0 Å². The average Bonchev–Trinajstić information content (AvgIpc) is 2.25. The van der Waals surface area contributed by atoms with Gasteiger partial charge in [-0.2, -0.15) is 0 Å². The molecule has 0 radical (unpaired) electrons. The number of carbonyl (C=O) groups excluding carboxylic acids is 1. The molecule has 2 saturated carbocycles. The Morgan fingerprint density at radius 2 is 1.88 bits per heavy atom. The van der Waals surface area contributed by atoms with Crippen LogP contribution in [0.3, 0.4) is 0 Å². The van der Waals surface area contributed by atoms with Crippen molar-refractivity contribution in [3.05, 3.63) is 0 Å². The Morgan fingerprint density at radius 3 is 2.41 bits per heavy atom. The Kier molecular flexibility index (Phi) is 4.08. The number of nitrogens with two attached hydrogens (primary N) is 1. The average molecular weight is 238 g/mol. The molecule has 17 heavy (non-hydrogen) atoms. The van der Waals surface area contributed by atoms with Gasteiger partial charge in [0.05, 0.1) is 0 Å². The standard InChI is InChI=1S/C14H26N2O/c1-9(2)8-16-14(17)12-6-10-4-3-5-11(7-12)13(10)15/h9-13H,3-8,15H2,1-2H3,(H,16,17). The SMILES string of the molecule is CC(C)CNC(=O)C1CC2CCCC(C1)C2N. The van der Waals surface area contributed by atoms with E-state index in [2.05, 4.69) is 19.2 Å². The number of amides is 1. The first kappa shape index (κ1) is 12.9. The van der Waals surface area contributed by atoms with E-state index in [-0.39, 0.29) is 11.8 Å². The molecule has 1 amide bonds. The van der Waals surface area contributed by atoms with Crippen LogP contribution in [0.2, 0.25) is 0 Å². The lowest BCUT2D eigenvalue weighted by molar-refractivity contribution is -0.128. The third-order valence-corrected chi connectivity index (χ3v) is 4.47. The molecule has 2 aliphatic rings. The first-order chi connectivity index (χ1) is 8.08. The molecule has 0 aromatic heterocycles. The van der Waals surface area contributed by atoms with Crippen molar-refractivity contribution in [2.45, 2.75) is 52.0 Å². The molecule has 3 nitrogen and oxygen atoms in total. The summed E-state index contributed by atoms with van der Waals surface area (Å²) in [6, 6.07) is 0.359. The second-order valence-corrected chi connectivity index (χ2v) is 6.34. The summed E-state index contributed by atoms with van der Waals surface area (Å²) >= 11 is 0. The first-order valence-electron chi connectivity index (χ1n) is 7.11. The van der Waals surface area contributed by atoms with Gasteiger partial charge in [-0.1, -0.05) is 20.3 Å². The van der Waals surface area contributed by atoms with Crippen molar-refractivity contribution >= 4 is 5.91 Å². The van der Waals surface area contributed by atoms with E-state index in [0.717, 1.165) is 19.4 Å². The second-order valence-electron chi connectivity index (χ2n) is 6.34. The van der Waals surface area contributed by atoms with Gasteiger partial charge in [0.1, 0.15) is 0 Å². The number of hydrogen-bond acceptors (Lipinski definition) is 2. The van der Waals surface area contributed by atoms with Crippen LogP contribution in [0.5, 0.6) is 0 Å². The van der Waals surface area contributed by atoms with Gasteiger partial charge in [-0.05, 0) is 43.4 Å². The molecule has 98 valence electrons. The fourth-order valence-corrected chi connectivity index (χ4v) is 3.45. The van der Waals surface area contributed by atoms with Gasteiger partial charge in [-0.3, -0.25) is 4.79 Å². The maximum absolute atomic E-state index is 12.1. The summed E-state index contributed by atoms with van der Waals surface area (Å²) < 4.78 is 0. The van der Waals surface area contributed by atoms with Gasteiger partial charge in [0, 0.05) is 18.5 Å². The van der Waals surface area contributed by atoms with Gasteiger partial charge in [0.2, 0.25) is 5.91 Å². The normalized spacial score (nSPS) is 36.9. The summed E-state index contributed by atoms with van der Waals surface area (Å²) in [5, 5.41) is 3.08. The number of rotatable bonds is 3. The van der Waals surface area contributed by atoms with Crippen molar-refractivity contribution < 1.29 is 4.79 Å². The predicted molar refractivity (Wildman–Crippen MR) is 69.4 cm³/mol. The van der Waals surface area contributed by atoms with Gasteiger partial charge in [0.15, 0.2) is 0 Å². The molecule has 2 aliphatic carbocycles. The Hall–Kier alpha value is -0.570. The van der Waals surface area contributed by atoms with Crippen molar-refractivity contribution in [2.24, 2.45) is 29.4 Å². The summed E-state index contributed by atoms with van der Waals surface area (Å²) in [5.41, 5.74) is 6.24. The highest BCUT2D eigenvalue weighted by Crippen LogP contribution is 2.41. The molecule has 2 fully saturated rings. The van der Waals surface area contributed by atoms with Crippen molar-refractivity contribution in [1.82, 2.24) is 5.32 Å². The van der Waals surface area contributed by atoms with E-state index in [1.807, 2.05) is 0 Å². The molecule has 2 bridgehead atoms. The number of fused-ring (bicyclic) bond motifs is 2. The van der Waals surface area contributed by atoms with E-state index in [4.69, 9.17) is 5.73 Å². The highest BCUT2D eigenvalue weighted by molar-refractivity contribution is 5.78. The van der Waals surface area contributed by atoms with E-state index in [9.17, 15) is 4.79 Å². The minimum absolute atomic E-state index is 0.226. The molecule has 3 heteroatoms. The number of carbonyl (C=O) groups is 1. The van der Waals surface area contributed by atoms with E-state index in [1.165, 1.54) is 19.3 Å². The summed E-state index contributed by atoms with van der Waals surface area (Å²) in [4.78, 5) is 12.1. The quantitative estimate of drug-likeness (QED) is 0.789. The van der Waals surface area contributed by atoms with Gasteiger partial charge < -0.3 is 11.1 Å². The zero-order chi connectivity index (χ0) is 12.4. The minimum Gasteiger partial charge on any atom is -0.356 e. The molecule has 2 atom stereocenters. The topological polar surface area (TPSA) is 55.1 Å². The summed E-state index contributed by atoms with van der Waals surface area (Å²) in [6.45, 7) is 5.06. The Morgan fingerprint density at radius 1 is 1.29 bits per heavy atom. The fourth-order valence-electron chi connectivity index (χ4n) is 3.45. The monoisotopic (exact) mass is 238 g/mol. The molecule has 0 saturated heterocycles. The van der Waals surface area contributed by atoms with Crippen LogP contribution in [0.15, 0.2) is 0 Å². The molecule has 0 aliphatic heterocycles. The van der Waals surface area contributed by atoms with Gasteiger partial charge in [-0.25, -0.2) is 0 Å². The van der Waals surface area contributed by atoms with Gasteiger partial charge in [0.25, 0.3) is 0 Å².